The molecule has 14 heavy (non-hydrogen) atoms. The van der Waals surface area contributed by atoms with Crippen molar-refractivity contribution in [3.05, 3.63) is 24.3 Å². The molecule has 1 heteroatoms. The van der Waals surface area contributed by atoms with Crippen LogP contribution in [0.5, 0.6) is 0 Å². The van der Waals surface area contributed by atoms with Gasteiger partial charge >= 0.3 is 0 Å². The number of allylic oxidation sites excluding steroid dienone is 2. The Bertz CT molecular complexity index is 277. The second-order valence-electron chi connectivity index (χ2n) is 4.68. The van der Waals surface area contributed by atoms with Crippen molar-refractivity contribution in [3.8, 4) is 0 Å². The zero-order valence-electron chi connectivity index (χ0n) is 8.67. The fraction of sp³-hybridized carbons (Fsp3) is 0.615. The molecule has 0 N–H and O–H groups in total. The molecule has 2 aliphatic rings. The van der Waals surface area contributed by atoms with E-state index in [0.717, 1.165) is 12.7 Å². The number of carbonyl (C=O) groups excluding carboxylic acids is 1. The minimum Gasteiger partial charge on any atom is -0.303 e. The zero-order valence-corrected chi connectivity index (χ0v) is 8.67. The van der Waals surface area contributed by atoms with Gasteiger partial charge in [0.2, 0.25) is 0 Å². The van der Waals surface area contributed by atoms with Crippen molar-refractivity contribution >= 4 is 6.29 Å². The summed E-state index contributed by atoms with van der Waals surface area (Å²) in [5, 5.41) is 0. The van der Waals surface area contributed by atoms with E-state index < -0.39 is 0 Å². The highest BCUT2D eigenvalue weighted by atomic mass is 16.1. The highest BCUT2D eigenvalue weighted by Crippen LogP contribution is 2.49. The van der Waals surface area contributed by atoms with Gasteiger partial charge in [0.15, 0.2) is 0 Å². The van der Waals surface area contributed by atoms with E-state index >= 15 is 0 Å². The molecule has 2 aliphatic carbocycles. The van der Waals surface area contributed by atoms with E-state index in [1.54, 1.807) is 0 Å². The van der Waals surface area contributed by atoms with E-state index in [9.17, 15) is 4.79 Å². The normalized spacial score (nSPS) is 37.0. The van der Waals surface area contributed by atoms with Gasteiger partial charge in [-0.3, -0.25) is 0 Å². The summed E-state index contributed by atoms with van der Waals surface area (Å²) in [6, 6.07) is 0. The van der Waals surface area contributed by atoms with E-state index in [-0.39, 0.29) is 0 Å². The first-order chi connectivity index (χ1) is 6.74. The van der Waals surface area contributed by atoms with Crippen LogP contribution in [0.25, 0.3) is 0 Å². The lowest BCUT2D eigenvalue weighted by Crippen LogP contribution is -2.25. The van der Waals surface area contributed by atoms with Crippen molar-refractivity contribution in [1.29, 1.82) is 0 Å². The Hall–Kier alpha value is -0.850. The molecule has 0 aromatic rings. The van der Waals surface area contributed by atoms with Crippen molar-refractivity contribution in [3.63, 3.8) is 0 Å². The van der Waals surface area contributed by atoms with Crippen LogP contribution in [0.1, 0.15) is 32.1 Å². The zero-order chi connectivity index (χ0) is 10.1. The molecule has 0 aliphatic heterocycles. The fourth-order valence-corrected chi connectivity index (χ4v) is 3.15. The lowest BCUT2D eigenvalue weighted by atomic mass is 9.69. The molecular formula is C13H18O. The highest BCUT2D eigenvalue weighted by molar-refractivity contribution is 5.51. The van der Waals surface area contributed by atoms with Gasteiger partial charge in [-0.25, -0.2) is 0 Å². The molecule has 3 atom stereocenters. The van der Waals surface area contributed by atoms with Crippen molar-refractivity contribution in [1.82, 2.24) is 0 Å². The summed E-state index contributed by atoms with van der Waals surface area (Å²) in [4.78, 5) is 10.5. The first kappa shape index (κ1) is 9.70. The summed E-state index contributed by atoms with van der Waals surface area (Å²) < 4.78 is 0. The Balaban J connectivity index is 2.16. The number of rotatable bonds is 2. The highest BCUT2D eigenvalue weighted by Gasteiger charge is 2.38. The fourth-order valence-electron chi connectivity index (χ4n) is 3.15. The van der Waals surface area contributed by atoms with E-state index in [4.69, 9.17) is 0 Å². The average molecular weight is 190 g/mol. The van der Waals surface area contributed by atoms with Crippen molar-refractivity contribution in [2.45, 2.75) is 32.1 Å². The number of carbonyl (C=O) groups is 1. The maximum atomic E-state index is 10.5. The third-order valence-electron chi connectivity index (χ3n) is 3.93. The molecule has 0 amide bonds. The van der Waals surface area contributed by atoms with Crippen molar-refractivity contribution in [2.75, 3.05) is 0 Å². The van der Waals surface area contributed by atoms with Crippen LogP contribution in [0, 0.1) is 17.8 Å². The Morgan fingerprint density at radius 2 is 2.00 bits per heavy atom. The summed E-state index contributed by atoms with van der Waals surface area (Å²) in [6.07, 6.45) is 6.52. The van der Waals surface area contributed by atoms with E-state index in [1.807, 2.05) is 0 Å². The second kappa shape index (κ2) is 3.72. The molecule has 3 unspecified atom stereocenters. The summed E-state index contributed by atoms with van der Waals surface area (Å²) in [5.74, 6) is 1.71. The van der Waals surface area contributed by atoms with Crippen LogP contribution in [-0.4, -0.2) is 6.29 Å². The quantitative estimate of drug-likeness (QED) is 0.483. The molecule has 76 valence electrons. The maximum Gasteiger partial charge on any atom is 0.120 e. The first-order valence-corrected chi connectivity index (χ1v) is 5.54. The van der Waals surface area contributed by atoms with E-state index in [1.165, 1.54) is 30.4 Å². The van der Waals surface area contributed by atoms with Crippen molar-refractivity contribution in [2.24, 2.45) is 17.8 Å². The van der Waals surface area contributed by atoms with Crippen LogP contribution in [-0.2, 0) is 4.79 Å². The van der Waals surface area contributed by atoms with E-state index in [0.29, 0.717) is 24.2 Å². The third-order valence-corrected chi connectivity index (χ3v) is 3.93. The Kier molecular flexibility index (Phi) is 2.58. The van der Waals surface area contributed by atoms with Crippen LogP contribution in [0.3, 0.4) is 0 Å². The van der Waals surface area contributed by atoms with Crippen LogP contribution in [0.4, 0.5) is 0 Å². The molecular weight excluding hydrogens is 172 g/mol. The largest absolute Gasteiger partial charge is 0.303 e. The van der Waals surface area contributed by atoms with Gasteiger partial charge in [-0.05, 0) is 37.0 Å². The molecule has 2 saturated carbocycles. The SMILES string of the molecule is C=C1CC(CC=O)C(=C)C2CCCC12. The Morgan fingerprint density at radius 3 is 2.71 bits per heavy atom. The molecule has 0 aromatic carbocycles. The molecule has 0 saturated heterocycles. The first-order valence-electron chi connectivity index (χ1n) is 5.54. The summed E-state index contributed by atoms with van der Waals surface area (Å²) in [6.45, 7) is 8.36. The average Bonchev–Trinajstić information content (AvgIpc) is 2.63. The predicted molar refractivity (Wildman–Crippen MR) is 57.9 cm³/mol. The Morgan fingerprint density at radius 1 is 1.29 bits per heavy atom. The third kappa shape index (κ3) is 1.45. The molecule has 2 fully saturated rings. The lowest BCUT2D eigenvalue weighted by molar-refractivity contribution is -0.108. The molecule has 0 bridgehead atoms. The number of hydrogen-bond acceptors (Lipinski definition) is 1. The lowest BCUT2D eigenvalue weighted by Gasteiger charge is -2.35. The number of fused-ring (bicyclic) bond motifs is 1. The standard InChI is InChI=1S/C13H18O/c1-9-8-11(6-7-14)10(2)13-5-3-4-12(9)13/h7,11-13H,1-6,8H2. The maximum absolute atomic E-state index is 10.5. The van der Waals surface area contributed by atoms with Crippen molar-refractivity contribution < 1.29 is 4.79 Å². The van der Waals surface area contributed by atoms with Gasteiger partial charge in [-0.1, -0.05) is 30.7 Å². The van der Waals surface area contributed by atoms with Gasteiger partial charge in [0, 0.05) is 6.42 Å². The molecule has 0 aromatic heterocycles. The molecule has 0 spiro atoms. The molecule has 0 heterocycles. The summed E-state index contributed by atoms with van der Waals surface area (Å²) in [7, 11) is 0. The van der Waals surface area contributed by atoms with Crippen LogP contribution in [0.2, 0.25) is 0 Å². The van der Waals surface area contributed by atoms with Gasteiger partial charge in [-0.2, -0.15) is 0 Å². The number of hydrogen-bond donors (Lipinski definition) is 0. The number of aldehydes is 1. The topological polar surface area (TPSA) is 17.1 Å². The van der Waals surface area contributed by atoms with E-state index in [2.05, 4.69) is 13.2 Å². The van der Waals surface area contributed by atoms with Crippen LogP contribution < -0.4 is 0 Å². The van der Waals surface area contributed by atoms with Gasteiger partial charge in [0.25, 0.3) is 0 Å². The van der Waals surface area contributed by atoms with Crippen LogP contribution in [0.15, 0.2) is 24.3 Å². The molecule has 0 radical (unpaired) electrons. The van der Waals surface area contributed by atoms with Gasteiger partial charge in [0.1, 0.15) is 6.29 Å². The summed E-state index contributed by atoms with van der Waals surface area (Å²) in [5.41, 5.74) is 2.69. The minimum absolute atomic E-state index is 0.388. The monoisotopic (exact) mass is 190 g/mol. The molecule has 1 nitrogen and oxygen atoms in total. The van der Waals surface area contributed by atoms with Gasteiger partial charge < -0.3 is 4.79 Å². The van der Waals surface area contributed by atoms with Gasteiger partial charge in [-0.15, -0.1) is 0 Å². The van der Waals surface area contributed by atoms with Gasteiger partial charge in [0.05, 0.1) is 0 Å². The predicted octanol–water partition coefficient (Wildman–Crippen LogP) is 3.12. The second-order valence-corrected chi connectivity index (χ2v) is 4.68. The Labute approximate surface area is 85.9 Å². The van der Waals surface area contributed by atoms with Crippen LogP contribution >= 0.6 is 0 Å². The smallest absolute Gasteiger partial charge is 0.120 e. The molecule has 2 rings (SSSR count). The minimum atomic E-state index is 0.388. The summed E-state index contributed by atoms with van der Waals surface area (Å²) >= 11 is 0.